The third-order valence-electron chi connectivity index (χ3n) is 6.52. The number of nitrogens with zero attached hydrogens (tertiary/aromatic N) is 1. The number of rotatable bonds is 3. The van der Waals surface area contributed by atoms with E-state index in [1.54, 1.807) is 0 Å². The van der Waals surface area contributed by atoms with Crippen LogP contribution in [-0.4, -0.2) is 36.1 Å². The Hall–Kier alpha value is -1.35. The fraction of sp³-hybridized carbons (Fsp3) is 0.667. The predicted octanol–water partition coefficient (Wildman–Crippen LogP) is 3.99. The molecule has 0 N–H and O–H groups in total. The SMILES string of the molecule is CC[C@@H]1C[C@H](C(=O)N2C[C@H](c3ccccc3)[C@H]3CCC[C@@H]32)CCO1. The van der Waals surface area contributed by atoms with E-state index >= 15 is 0 Å². The molecule has 0 spiro atoms. The van der Waals surface area contributed by atoms with Gasteiger partial charge in [0.15, 0.2) is 0 Å². The molecule has 2 saturated heterocycles. The molecule has 0 radical (unpaired) electrons. The minimum absolute atomic E-state index is 0.180. The largest absolute Gasteiger partial charge is 0.378 e. The van der Waals surface area contributed by atoms with E-state index in [2.05, 4.69) is 42.2 Å². The van der Waals surface area contributed by atoms with Crippen molar-refractivity contribution < 1.29 is 9.53 Å². The standard InChI is InChI=1S/C21H29NO2/c1-2-17-13-16(11-12-24-17)21(23)22-14-19(15-7-4-3-5-8-15)18-9-6-10-20(18)22/h3-5,7-8,16-20H,2,6,9-14H2,1H3/t16-,17-,18-,19-,20+/m1/s1. The van der Waals surface area contributed by atoms with E-state index in [0.29, 0.717) is 23.8 Å². The van der Waals surface area contributed by atoms with E-state index in [1.807, 2.05) is 0 Å². The molecule has 0 aromatic heterocycles. The molecule has 0 unspecified atom stereocenters. The first-order valence-corrected chi connectivity index (χ1v) is 9.75. The molecule has 3 heteroatoms. The number of benzene rings is 1. The topological polar surface area (TPSA) is 29.5 Å². The molecule has 24 heavy (non-hydrogen) atoms. The number of fused-ring (bicyclic) bond motifs is 1. The quantitative estimate of drug-likeness (QED) is 0.840. The Morgan fingerprint density at radius 2 is 2.04 bits per heavy atom. The van der Waals surface area contributed by atoms with Crippen LogP contribution in [0.15, 0.2) is 30.3 Å². The van der Waals surface area contributed by atoms with Gasteiger partial charge >= 0.3 is 0 Å². The van der Waals surface area contributed by atoms with E-state index in [-0.39, 0.29) is 12.0 Å². The number of likely N-dealkylation sites (tertiary alicyclic amines) is 1. The highest BCUT2D eigenvalue weighted by molar-refractivity contribution is 5.80. The van der Waals surface area contributed by atoms with Crippen LogP contribution >= 0.6 is 0 Å². The number of carbonyl (C=O) groups excluding carboxylic acids is 1. The van der Waals surface area contributed by atoms with Crippen LogP contribution in [0, 0.1) is 11.8 Å². The molecule has 1 amide bonds. The fourth-order valence-electron chi connectivity index (χ4n) is 5.24. The third kappa shape index (κ3) is 2.88. The molecule has 4 rings (SSSR count). The van der Waals surface area contributed by atoms with Crippen molar-refractivity contribution in [1.29, 1.82) is 0 Å². The van der Waals surface area contributed by atoms with Crippen molar-refractivity contribution in [1.82, 2.24) is 4.90 Å². The zero-order valence-electron chi connectivity index (χ0n) is 14.7. The fourth-order valence-corrected chi connectivity index (χ4v) is 5.24. The van der Waals surface area contributed by atoms with E-state index < -0.39 is 0 Å². The summed E-state index contributed by atoms with van der Waals surface area (Å²) in [6.45, 7) is 3.83. The lowest BCUT2D eigenvalue weighted by Crippen LogP contribution is -2.43. The van der Waals surface area contributed by atoms with Gasteiger partial charge in [-0.2, -0.15) is 0 Å². The number of hydrogen-bond acceptors (Lipinski definition) is 2. The van der Waals surface area contributed by atoms with Crippen LogP contribution in [0.25, 0.3) is 0 Å². The number of amides is 1. The lowest BCUT2D eigenvalue weighted by Gasteiger charge is -2.33. The summed E-state index contributed by atoms with van der Waals surface area (Å²) in [5.41, 5.74) is 1.42. The maximum atomic E-state index is 13.3. The molecule has 130 valence electrons. The first kappa shape index (κ1) is 16.1. The van der Waals surface area contributed by atoms with Gasteiger partial charge in [-0.1, -0.05) is 43.7 Å². The lowest BCUT2D eigenvalue weighted by atomic mass is 9.86. The molecule has 1 aromatic rings. The minimum atomic E-state index is 0.180. The van der Waals surface area contributed by atoms with Gasteiger partial charge in [0.1, 0.15) is 0 Å². The zero-order chi connectivity index (χ0) is 16.5. The Morgan fingerprint density at radius 1 is 1.21 bits per heavy atom. The van der Waals surface area contributed by atoms with Crippen molar-refractivity contribution in [2.75, 3.05) is 13.2 Å². The third-order valence-corrected chi connectivity index (χ3v) is 6.52. The van der Waals surface area contributed by atoms with Gasteiger partial charge < -0.3 is 9.64 Å². The Balaban J connectivity index is 1.52. The van der Waals surface area contributed by atoms with E-state index in [9.17, 15) is 4.79 Å². The molecular weight excluding hydrogens is 298 g/mol. The second-order valence-corrected chi connectivity index (χ2v) is 7.79. The molecular formula is C21H29NO2. The molecule has 2 heterocycles. The number of hydrogen-bond donors (Lipinski definition) is 0. The summed E-state index contributed by atoms with van der Waals surface area (Å²) >= 11 is 0. The number of ether oxygens (including phenoxy) is 1. The van der Waals surface area contributed by atoms with Crippen molar-refractivity contribution in [3.63, 3.8) is 0 Å². The summed E-state index contributed by atoms with van der Waals surface area (Å²) in [6.07, 6.45) is 6.86. The second-order valence-electron chi connectivity index (χ2n) is 7.79. The Morgan fingerprint density at radius 3 is 2.83 bits per heavy atom. The molecule has 1 saturated carbocycles. The molecule has 5 atom stereocenters. The van der Waals surface area contributed by atoms with Crippen LogP contribution < -0.4 is 0 Å². The van der Waals surface area contributed by atoms with Crippen LogP contribution in [0.4, 0.5) is 0 Å². The molecule has 3 aliphatic rings. The molecule has 0 bridgehead atoms. The molecule has 1 aliphatic carbocycles. The summed E-state index contributed by atoms with van der Waals surface area (Å²) in [7, 11) is 0. The van der Waals surface area contributed by atoms with Crippen molar-refractivity contribution >= 4 is 5.91 Å². The van der Waals surface area contributed by atoms with Crippen molar-refractivity contribution in [2.45, 2.75) is 63.5 Å². The normalized spacial score (nSPS) is 35.9. The van der Waals surface area contributed by atoms with Crippen LogP contribution in [0.2, 0.25) is 0 Å². The van der Waals surface area contributed by atoms with Gasteiger partial charge in [0.05, 0.1) is 6.10 Å². The summed E-state index contributed by atoms with van der Waals surface area (Å²) in [4.78, 5) is 15.5. The van der Waals surface area contributed by atoms with Crippen molar-refractivity contribution in [3.8, 4) is 0 Å². The maximum Gasteiger partial charge on any atom is 0.226 e. The average molecular weight is 327 g/mol. The Bertz CT molecular complexity index is 572. The van der Waals surface area contributed by atoms with Gasteiger partial charge in [0.25, 0.3) is 0 Å². The smallest absolute Gasteiger partial charge is 0.226 e. The molecule has 2 aliphatic heterocycles. The molecule has 3 nitrogen and oxygen atoms in total. The summed E-state index contributed by atoms with van der Waals surface area (Å²) in [5.74, 6) is 1.79. The Labute approximate surface area is 145 Å². The minimum Gasteiger partial charge on any atom is -0.378 e. The first-order valence-electron chi connectivity index (χ1n) is 9.75. The lowest BCUT2D eigenvalue weighted by molar-refractivity contribution is -0.141. The molecule has 1 aromatic carbocycles. The van der Waals surface area contributed by atoms with Crippen LogP contribution in [0.3, 0.4) is 0 Å². The van der Waals surface area contributed by atoms with Gasteiger partial charge in [0.2, 0.25) is 5.91 Å². The molecule has 3 fully saturated rings. The summed E-state index contributed by atoms with van der Waals surface area (Å²) in [5, 5.41) is 0. The van der Waals surface area contributed by atoms with Crippen molar-refractivity contribution in [3.05, 3.63) is 35.9 Å². The van der Waals surface area contributed by atoms with Crippen LogP contribution in [0.5, 0.6) is 0 Å². The maximum absolute atomic E-state index is 13.3. The highest BCUT2D eigenvalue weighted by Gasteiger charge is 2.48. The highest BCUT2D eigenvalue weighted by Crippen LogP contribution is 2.47. The first-order chi connectivity index (χ1) is 11.8. The highest BCUT2D eigenvalue weighted by atomic mass is 16.5. The Kier molecular flexibility index (Phi) is 4.62. The average Bonchev–Trinajstić information content (AvgIpc) is 3.24. The summed E-state index contributed by atoms with van der Waals surface area (Å²) < 4.78 is 5.78. The monoisotopic (exact) mass is 327 g/mol. The van der Waals surface area contributed by atoms with E-state index in [1.165, 1.54) is 24.8 Å². The number of carbonyl (C=O) groups is 1. The summed E-state index contributed by atoms with van der Waals surface area (Å²) in [6, 6.07) is 11.3. The second kappa shape index (κ2) is 6.87. The zero-order valence-corrected chi connectivity index (χ0v) is 14.7. The van der Waals surface area contributed by atoms with Crippen LogP contribution in [-0.2, 0) is 9.53 Å². The van der Waals surface area contributed by atoms with Gasteiger partial charge in [-0.3, -0.25) is 4.79 Å². The van der Waals surface area contributed by atoms with Crippen LogP contribution in [0.1, 0.15) is 56.9 Å². The van der Waals surface area contributed by atoms with E-state index in [4.69, 9.17) is 4.74 Å². The van der Waals surface area contributed by atoms with Gasteiger partial charge in [0, 0.05) is 31.0 Å². The predicted molar refractivity (Wildman–Crippen MR) is 94.8 cm³/mol. The van der Waals surface area contributed by atoms with E-state index in [0.717, 1.165) is 32.4 Å². The van der Waals surface area contributed by atoms with Gasteiger partial charge in [-0.15, -0.1) is 0 Å². The van der Waals surface area contributed by atoms with Gasteiger partial charge in [-0.05, 0) is 43.6 Å². The van der Waals surface area contributed by atoms with Crippen molar-refractivity contribution in [2.24, 2.45) is 11.8 Å². The van der Waals surface area contributed by atoms with Gasteiger partial charge in [-0.25, -0.2) is 0 Å².